The number of rotatable bonds is 5. The van der Waals surface area contributed by atoms with Crippen molar-refractivity contribution in [3.63, 3.8) is 0 Å². The summed E-state index contributed by atoms with van der Waals surface area (Å²) in [4.78, 5) is 15.2. The number of carbonyl (C=O) groups excluding carboxylic acids is 1. The van der Waals surface area contributed by atoms with Crippen LogP contribution in [0.2, 0.25) is 0 Å². The SMILES string of the molecule is COc1ccc([C@@H]2CC(c3ccc(C)cc3C)=NN2C(=O)CN=[N+]=[N-])cc1. The molecule has 1 heterocycles. The topological polar surface area (TPSA) is 90.7 Å². The second-order valence-corrected chi connectivity index (χ2v) is 6.49. The standard InChI is InChI=1S/C20H21N5O2/c1-13-4-9-17(14(2)10-13)18-11-19(15-5-7-16(27-3)8-6-15)25(23-18)20(26)12-22-24-21/h4-10,19H,11-12H2,1-3H3/t19-/m0/s1. The quantitative estimate of drug-likeness (QED) is 0.450. The summed E-state index contributed by atoms with van der Waals surface area (Å²) in [5.74, 6) is 0.424. The third-order valence-electron chi connectivity index (χ3n) is 4.63. The second-order valence-electron chi connectivity index (χ2n) is 6.49. The largest absolute Gasteiger partial charge is 0.497 e. The van der Waals surface area contributed by atoms with Gasteiger partial charge in [-0.25, -0.2) is 5.01 Å². The highest BCUT2D eigenvalue weighted by atomic mass is 16.5. The number of amides is 1. The van der Waals surface area contributed by atoms with Gasteiger partial charge in [-0.15, -0.1) is 0 Å². The van der Waals surface area contributed by atoms with Crippen molar-refractivity contribution in [2.45, 2.75) is 26.3 Å². The Hall–Kier alpha value is -3.31. The molecule has 0 fully saturated rings. The fourth-order valence-electron chi connectivity index (χ4n) is 3.29. The zero-order valence-corrected chi connectivity index (χ0v) is 15.6. The van der Waals surface area contributed by atoms with Crippen LogP contribution in [0.4, 0.5) is 0 Å². The van der Waals surface area contributed by atoms with Gasteiger partial charge < -0.3 is 4.74 Å². The molecular formula is C20H21N5O2. The lowest BCUT2D eigenvalue weighted by molar-refractivity contribution is -0.131. The van der Waals surface area contributed by atoms with Crippen LogP contribution in [-0.2, 0) is 4.79 Å². The van der Waals surface area contributed by atoms with E-state index in [1.54, 1.807) is 7.11 Å². The lowest BCUT2D eigenvalue weighted by Gasteiger charge is -2.21. The molecule has 1 atom stereocenters. The van der Waals surface area contributed by atoms with Crippen LogP contribution in [0.15, 0.2) is 52.7 Å². The molecule has 0 N–H and O–H groups in total. The molecule has 7 heteroatoms. The Morgan fingerprint density at radius 2 is 2.04 bits per heavy atom. The minimum atomic E-state index is -0.326. The van der Waals surface area contributed by atoms with Crippen molar-refractivity contribution < 1.29 is 9.53 Å². The molecule has 0 unspecified atom stereocenters. The van der Waals surface area contributed by atoms with Crippen LogP contribution in [0.1, 0.15) is 34.7 Å². The van der Waals surface area contributed by atoms with Gasteiger partial charge in [0, 0.05) is 16.9 Å². The van der Waals surface area contributed by atoms with Crippen molar-refractivity contribution in [1.29, 1.82) is 0 Å². The Balaban J connectivity index is 1.96. The van der Waals surface area contributed by atoms with E-state index in [0.29, 0.717) is 6.42 Å². The average molecular weight is 363 g/mol. The van der Waals surface area contributed by atoms with Gasteiger partial charge in [0.1, 0.15) is 12.3 Å². The van der Waals surface area contributed by atoms with Crippen LogP contribution in [0.3, 0.4) is 0 Å². The molecule has 0 saturated carbocycles. The predicted molar refractivity (Wildman–Crippen MR) is 104 cm³/mol. The molecule has 1 aliphatic heterocycles. The van der Waals surface area contributed by atoms with E-state index < -0.39 is 0 Å². The zero-order chi connectivity index (χ0) is 19.4. The molecule has 0 aromatic heterocycles. The van der Waals surface area contributed by atoms with E-state index in [2.05, 4.69) is 21.2 Å². The van der Waals surface area contributed by atoms with Crippen molar-refractivity contribution in [3.8, 4) is 5.75 Å². The van der Waals surface area contributed by atoms with E-state index in [4.69, 9.17) is 10.3 Å². The molecule has 0 bridgehead atoms. The number of aryl methyl sites for hydroxylation is 2. The number of carbonyl (C=O) groups is 1. The normalized spacial score (nSPS) is 15.9. The van der Waals surface area contributed by atoms with Crippen molar-refractivity contribution in [2.24, 2.45) is 10.2 Å². The maximum absolute atomic E-state index is 12.6. The number of benzene rings is 2. The first-order valence-electron chi connectivity index (χ1n) is 8.65. The molecule has 27 heavy (non-hydrogen) atoms. The molecule has 1 amide bonds. The number of methoxy groups -OCH3 is 1. The van der Waals surface area contributed by atoms with E-state index in [1.165, 1.54) is 10.6 Å². The number of ether oxygens (including phenoxy) is 1. The van der Waals surface area contributed by atoms with Gasteiger partial charge in [-0.1, -0.05) is 41.0 Å². The third-order valence-corrected chi connectivity index (χ3v) is 4.63. The van der Waals surface area contributed by atoms with Crippen molar-refractivity contribution in [2.75, 3.05) is 13.7 Å². The molecule has 0 radical (unpaired) electrons. The molecule has 1 aliphatic rings. The minimum absolute atomic E-state index is 0.243. The Labute approximate surface area is 157 Å². The summed E-state index contributed by atoms with van der Waals surface area (Å²) in [5, 5.41) is 9.42. The summed E-state index contributed by atoms with van der Waals surface area (Å²) < 4.78 is 5.21. The van der Waals surface area contributed by atoms with Gasteiger partial charge in [-0.05, 0) is 42.6 Å². The van der Waals surface area contributed by atoms with Crippen LogP contribution in [0.25, 0.3) is 10.4 Å². The smallest absolute Gasteiger partial charge is 0.249 e. The molecule has 0 spiro atoms. The molecule has 138 valence electrons. The highest BCUT2D eigenvalue weighted by molar-refractivity contribution is 6.04. The summed E-state index contributed by atoms with van der Waals surface area (Å²) in [5.41, 5.74) is 13.7. The maximum Gasteiger partial charge on any atom is 0.249 e. The Morgan fingerprint density at radius 3 is 2.67 bits per heavy atom. The number of nitrogens with zero attached hydrogens (tertiary/aromatic N) is 5. The lowest BCUT2D eigenvalue weighted by Crippen LogP contribution is -2.28. The number of hydrogen-bond acceptors (Lipinski definition) is 4. The molecular weight excluding hydrogens is 342 g/mol. The third kappa shape index (κ3) is 3.93. The van der Waals surface area contributed by atoms with Crippen molar-refractivity contribution in [1.82, 2.24) is 5.01 Å². The van der Waals surface area contributed by atoms with Gasteiger partial charge in [0.2, 0.25) is 5.91 Å². The molecule has 0 aliphatic carbocycles. The van der Waals surface area contributed by atoms with E-state index in [9.17, 15) is 4.79 Å². The van der Waals surface area contributed by atoms with E-state index in [1.807, 2.05) is 50.2 Å². The Morgan fingerprint density at radius 1 is 1.30 bits per heavy atom. The highest BCUT2D eigenvalue weighted by Gasteiger charge is 2.33. The second kappa shape index (κ2) is 7.93. The van der Waals surface area contributed by atoms with Crippen LogP contribution in [0, 0.1) is 13.8 Å². The molecule has 3 rings (SSSR count). The highest BCUT2D eigenvalue weighted by Crippen LogP contribution is 2.34. The minimum Gasteiger partial charge on any atom is -0.497 e. The van der Waals surface area contributed by atoms with Gasteiger partial charge >= 0.3 is 0 Å². The average Bonchev–Trinajstić information content (AvgIpc) is 3.11. The summed E-state index contributed by atoms with van der Waals surface area (Å²) >= 11 is 0. The lowest BCUT2D eigenvalue weighted by atomic mass is 9.95. The van der Waals surface area contributed by atoms with Gasteiger partial charge in [0.25, 0.3) is 0 Å². The number of hydrazone groups is 1. The van der Waals surface area contributed by atoms with Crippen molar-refractivity contribution >= 4 is 11.6 Å². The maximum atomic E-state index is 12.6. The molecule has 0 saturated heterocycles. The van der Waals surface area contributed by atoms with Crippen LogP contribution in [0.5, 0.6) is 5.75 Å². The van der Waals surface area contributed by atoms with Gasteiger partial charge in [-0.2, -0.15) is 5.10 Å². The van der Waals surface area contributed by atoms with E-state index in [-0.39, 0.29) is 18.5 Å². The summed E-state index contributed by atoms with van der Waals surface area (Å²) in [7, 11) is 1.61. The number of hydrogen-bond donors (Lipinski definition) is 0. The van der Waals surface area contributed by atoms with Gasteiger partial charge in [0.15, 0.2) is 0 Å². The monoisotopic (exact) mass is 363 g/mol. The zero-order valence-electron chi connectivity index (χ0n) is 15.6. The fraction of sp³-hybridized carbons (Fsp3) is 0.300. The summed E-state index contributed by atoms with van der Waals surface area (Å²) in [6.07, 6.45) is 0.595. The number of azide groups is 1. The molecule has 2 aromatic rings. The van der Waals surface area contributed by atoms with Gasteiger partial charge in [-0.3, -0.25) is 4.79 Å². The summed E-state index contributed by atoms with van der Waals surface area (Å²) in [6.45, 7) is 3.83. The van der Waals surface area contributed by atoms with E-state index >= 15 is 0 Å². The van der Waals surface area contributed by atoms with Crippen molar-refractivity contribution in [3.05, 3.63) is 75.2 Å². The first-order chi connectivity index (χ1) is 13.0. The molecule has 2 aromatic carbocycles. The van der Waals surface area contributed by atoms with Gasteiger partial charge in [0.05, 0.1) is 18.9 Å². The first-order valence-corrected chi connectivity index (χ1v) is 8.65. The fourth-order valence-corrected chi connectivity index (χ4v) is 3.29. The molecule has 7 nitrogen and oxygen atoms in total. The van der Waals surface area contributed by atoms with Crippen LogP contribution >= 0.6 is 0 Å². The van der Waals surface area contributed by atoms with E-state index in [0.717, 1.165) is 28.2 Å². The summed E-state index contributed by atoms with van der Waals surface area (Å²) in [6, 6.07) is 13.5. The van der Waals surface area contributed by atoms with Crippen LogP contribution < -0.4 is 4.74 Å². The Bertz CT molecular complexity index is 930. The predicted octanol–water partition coefficient (Wildman–Crippen LogP) is 4.30. The van der Waals surface area contributed by atoms with Crippen LogP contribution in [-0.4, -0.2) is 30.3 Å². The Kier molecular flexibility index (Phi) is 5.43. The first kappa shape index (κ1) is 18.5.